The van der Waals surface area contributed by atoms with E-state index in [1.54, 1.807) is 23.0 Å². The summed E-state index contributed by atoms with van der Waals surface area (Å²) in [5.41, 5.74) is 3.75. The molecule has 26 heavy (non-hydrogen) atoms. The van der Waals surface area contributed by atoms with Crippen LogP contribution in [0.1, 0.15) is 5.69 Å². The minimum Gasteiger partial charge on any atom is -0.379 e. The van der Waals surface area contributed by atoms with Gasteiger partial charge in [0.2, 0.25) is 0 Å². The Labute approximate surface area is 150 Å². The number of hydrogen-bond donors (Lipinski definition) is 0. The van der Waals surface area contributed by atoms with Crippen molar-refractivity contribution in [2.75, 3.05) is 26.3 Å². The molecule has 0 amide bonds. The zero-order valence-corrected chi connectivity index (χ0v) is 14.5. The average Bonchev–Trinajstić information content (AvgIpc) is 3.03. The maximum atomic E-state index is 10.9. The lowest BCUT2D eigenvalue weighted by Gasteiger charge is -2.26. The number of rotatable bonds is 4. The molecule has 1 aliphatic heterocycles. The lowest BCUT2D eigenvalue weighted by Crippen LogP contribution is -2.35. The Balaban J connectivity index is 1.75. The first-order chi connectivity index (χ1) is 12.6. The number of aryl methyl sites for hydroxylation is 1. The highest BCUT2D eigenvalue weighted by Gasteiger charge is 2.16. The SMILES string of the molecule is Cn1ncc2c(-c3ccc([N+](=O)[O-])cc3)cc(CN3CCOCC3)nc21. The fraction of sp³-hybridized carbons (Fsp3) is 0.333. The fourth-order valence-corrected chi connectivity index (χ4v) is 3.24. The van der Waals surface area contributed by atoms with Crippen LogP contribution in [0.5, 0.6) is 0 Å². The van der Waals surface area contributed by atoms with Crippen molar-refractivity contribution in [2.45, 2.75) is 6.54 Å². The topological polar surface area (TPSA) is 86.3 Å². The van der Waals surface area contributed by atoms with E-state index >= 15 is 0 Å². The monoisotopic (exact) mass is 353 g/mol. The maximum Gasteiger partial charge on any atom is 0.269 e. The van der Waals surface area contributed by atoms with E-state index < -0.39 is 0 Å². The molecule has 0 atom stereocenters. The minimum absolute atomic E-state index is 0.0822. The van der Waals surface area contributed by atoms with Gasteiger partial charge in [0.25, 0.3) is 5.69 Å². The molecule has 0 saturated carbocycles. The summed E-state index contributed by atoms with van der Waals surface area (Å²) in [6, 6.07) is 8.66. The standard InChI is InChI=1S/C18H19N5O3/c1-21-18-17(11-19-21)16(13-2-4-15(5-3-13)23(24)25)10-14(20-18)12-22-6-8-26-9-7-22/h2-5,10-11H,6-9,12H2,1H3. The fourth-order valence-electron chi connectivity index (χ4n) is 3.24. The molecule has 1 aromatic carbocycles. The van der Waals surface area contributed by atoms with E-state index in [-0.39, 0.29) is 10.6 Å². The van der Waals surface area contributed by atoms with Crippen molar-refractivity contribution in [3.05, 3.63) is 52.3 Å². The van der Waals surface area contributed by atoms with Gasteiger partial charge in [0.05, 0.1) is 30.0 Å². The molecule has 0 aliphatic carbocycles. The van der Waals surface area contributed by atoms with Crippen LogP contribution in [0.15, 0.2) is 36.5 Å². The van der Waals surface area contributed by atoms with Crippen LogP contribution in [0, 0.1) is 10.1 Å². The molecule has 1 fully saturated rings. The Morgan fingerprint density at radius 3 is 2.65 bits per heavy atom. The maximum absolute atomic E-state index is 10.9. The van der Waals surface area contributed by atoms with E-state index in [2.05, 4.69) is 16.1 Å². The van der Waals surface area contributed by atoms with Crippen LogP contribution in [0.3, 0.4) is 0 Å². The van der Waals surface area contributed by atoms with Crippen LogP contribution >= 0.6 is 0 Å². The number of nitro benzene ring substituents is 1. The van der Waals surface area contributed by atoms with Gasteiger partial charge in [0.1, 0.15) is 0 Å². The number of hydrogen-bond acceptors (Lipinski definition) is 6. The third-order valence-electron chi connectivity index (χ3n) is 4.64. The van der Waals surface area contributed by atoms with Crippen LogP contribution in [0.4, 0.5) is 5.69 Å². The third kappa shape index (κ3) is 3.16. The Bertz CT molecular complexity index is 945. The third-order valence-corrected chi connectivity index (χ3v) is 4.64. The number of morpholine rings is 1. The number of nitro groups is 1. The van der Waals surface area contributed by atoms with Crippen LogP contribution in [-0.2, 0) is 18.3 Å². The van der Waals surface area contributed by atoms with Gasteiger partial charge in [-0.05, 0) is 29.3 Å². The molecule has 1 saturated heterocycles. The normalized spacial score (nSPS) is 15.4. The average molecular weight is 353 g/mol. The van der Waals surface area contributed by atoms with Crippen molar-refractivity contribution >= 4 is 16.7 Å². The molecular weight excluding hydrogens is 334 g/mol. The minimum atomic E-state index is -0.389. The number of ether oxygens (including phenoxy) is 1. The lowest BCUT2D eigenvalue weighted by atomic mass is 10.0. The summed E-state index contributed by atoms with van der Waals surface area (Å²) in [4.78, 5) is 17.6. The number of nitrogens with zero attached hydrogens (tertiary/aromatic N) is 5. The number of aromatic nitrogens is 3. The predicted octanol–water partition coefficient (Wildman–Crippen LogP) is 2.38. The molecule has 8 nitrogen and oxygen atoms in total. The summed E-state index contributed by atoms with van der Waals surface area (Å²) in [6.45, 7) is 3.99. The van der Waals surface area contributed by atoms with Crippen LogP contribution in [-0.4, -0.2) is 50.9 Å². The first-order valence-corrected chi connectivity index (χ1v) is 8.48. The molecule has 134 valence electrons. The van der Waals surface area contributed by atoms with E-state index in [1.165, 1.54) is 12.1 Å². The lowest BCUT2D eigenvalue weighted by molar-refractivity contribution is -0.384. The second kappa shape index (κ2) is 6.81. The predicted molar refractivity (Wildman–Crippen MR) is 96.7 cm³/mol. The van der Waals surface area contributed by atoms with Gasteiger partial charge in [-0.3, -0.25) is 19.7 Å². The molecule has 0 unspecified atom stereocenters. The Morgan fingerprint density at radius 2 is 1.96 bits per heavy atom. The quantitative estimate of drug-likeness (QED) is 0.529. The number of benzene rings is 1. The van der Waals surface area contributed by atoms with Gasteiger partial charge in [0.15, 0.2) is 5.65 Å². The molecular formula is C18H19N5O3. The van der Waals surface area contributed by atoms with Gasteiger partial charge < -0.3 is 4.74 Å². The Morgan fingerprint density at radius 1 is 1.23 bits per heavy atom. The largest absolute Gasteiger partial charge is 0.379 e. The van der Waals surface area contributed by atoms with Gasteiger partial charge in [0, 0.05) is 44.2 Å². The van der Waals surface area contributed by atoms with E-state index in [4.69, 9.17) is 9.72 Å². The van der Waals surface area contributed by atoms with E-state index in [0.29, 0.717) is 0 Å². The van der Waals surface area contributed by atoms with Crippen LogP contribution < -0.4 is 0 Å². The molecule has 8 heteroatoms. The Kier molecular flexibility index (Phi) is 4.36. The summed E-state index contributed by atoms with van der Waals surface area (Å²) in [5, 5.41) is 16.2. The summed E-state index contributed by atoms with van der Waals surface area (Å²) < 4.78 is 7.16. The second-order valence-electron chi connectivity index (χ2n) is 6.36. The zero-order chi connectivity index (χ0) is 18.1. The van der Waals surface area contributed by atoms with E-state index in [0.717, 1.165) is 60.7 Å². The first-order valence-electron chi connectivity index (χ1n) is 8.48. The summed E-state index contributed by atoms with van der Waals surface area (Å²) in [7, 11) is 1.87. The van der Waals surface area contributed by atoms with E-state index in [1.807, 2.05) is 7.05 Å². The van der Waals surface area contributed by atoms with Crippen molar-refractivity contribution < 1.29 is 9.66 Å². The molecule has 2 aromatic heterocycles. The van der Waals surface area contributed by atoms with Crippen molar-refractivity contribution in [3.8, 4) is 11.1 Å². The van der Waals surface area contributed by atoms with Crippen LogP contribution in [0.25, 0.3) is 22.2 Å². The number of pyridine rings is 1. The van der Waals surface area contributed by atoms with Gasteiger partial charge in [-0.25, -0.2) is 4.98 Å². The Hall–Kier alpha value is -2.84. The van der Waals surface area contributed by atoms with Gasteiger partial charge in [-0.1, -0.05) is 0 Å². The van der Waals surface area contributed by atoms with Gasteiger partial charge >= 0.3 is 0 Å². The number of fused-ring (bicyclic) bond motifs is 1. The van der Waals surface area contributed by atoms with Crippen molar-refractivity contribution in [3.63, 3.8) is 0 Å². The molecule has 4 rings (SSSR count). The molecule has 1 aliphatic rings. The number of non-ortho nitro benzene ring substituents is 1. The molecule has 0 bridgehead atoms. The first kappa shape index (κ1) is 16.6. The van der Waals surface area contributed by atoms with Gasteiger partial charge in [-0.15, -0.1) is 0 Å². The highest BCUT2D eigenvalue weighted by Crippen LogP contribution is 2.30. The van der Waals surface area contributed by atoms with E-state index in [9.17, 15) is 10.1 Å². The zero-order valence-electron chi connectivity index (χ0n) is 14.5. The molecule has 0 N–H and O–H groups in total. The van der Waals surface area contributed by atoms with Crippen molar-refractivity contribution in [1.82, 2.24) is 19.7 Å². The second-order valence-corrected chi connectivity index (χ2v) is 6.36. The summed E-state index contributed by atoms with van der Waals surface area (Å²) in [5.74, 6) is 0. The van der Waals surface area contributed by atoms with Crippen molar-refractivity contribution in [2.24, 2.45) is 7.05 Å². The van der Waals surface area contributed by atoms with Gasteiger partial charge in [-0.2, -0.15) is 5.10 Å². The highest BCUT2D eigenvalue weighted by molar-refractivity contribution is 5.92. The van der Waals surface area contributed by atoms with Crippen LogP contribution in [0.2, 0.25) is 0 Å². The molecule has 3 aromatic rings. The molecule has 0 radical (unpaired) electrons. The summed E-state index contributed by atoms with van der Waals surface area (Å²) in [6.07, 6.45) is 1.79. The highest BCUT2D eigenvalue weighted by atomic mass is 16.6. The smallest absolute Gasteiger partial charge is 0.269 e. The molecule has 0 spiro atoms. The summed E-state index contributed by atoms with van der Waals surface area (Å²) >= 11 is 0. The molecule has 3 heterocycles. The van der Waals surface area contributed by atoms with Crippen molar-refractivity contribution in [1.29, 1.82) is 0 Å².